The quantitative estimate of drug-likeness (QED) is 0.0222. The molecular formula is C79H154O17P2. The molecule has 0 bridgehead atoms. The van der Waals surface area contributed by atoms with Gasteiger partial charge in [0.05, 0.1) is 26.4 Å². The number of phosphoric acid groups is 2. The monoisotopic (exact) mass is 1440 g/mol. The summed E-state index contributed by atoms with van der Waals surface area (Å²) in [6, 6.07) is 0. The molecule has 582 valence electrons. The third-order valence-electron chi connectivity index (χ3n) is 18.5. The van der Waals surface area contributed by atoms with E-state index < -0.39 is 97.5 Å². The van der Waals surface area contributed by atoms with E-state index in [0.29, 0.717) is 31.6 Å². The average Bonchev–Trinajstić information content (AvgIpc) is 1.28. The van der Waals surface area contributed by atoms with Crippen molar-refractivity contribution in [2.45, 2.75) is 438 Å². The highest BCUT2D eigenvalue weighted by molar-refractivity contribution is 7.47. The predicted molar refractivity (Wildman–Crippen MR) is 400 cm³/mol. The fourth-order valence-corrected chi connectivity index (χ4v) is 13.8. The van der Waals surface area contributed by atoms with Crippen LogP contribution in [0.15, 0.2) is 0 Å². The first-order valence-corrected chi connectivity index (χ1v) is 44.1. The van der Waals surface area contributed by atoms with Gasteiger partial charge in [-0.25, -0.2) is 9.13 Å². The molecule has 0 saturated carbocycles. The first kappa shape index (κ1) is 96.1. The zero-order valence-corrected chi connectivity index (χ0v) is 65.7. The molecule has 17 nitrogen and oxygen atoms in total. The summed E-state index contributed by atoms with van der Waals surface area (Å²) in [5.74, 6) is -1.40. The molecular weight excluding hydrogens is 1280 g/mol. The number of esters is 4. The Kier molecular flexibility index (Phi) is 70.6. The first-order valence-electron chi connectivity index (χ1n) is 41.1. The van der Waals surface area contributed by atoms with Crippen LogP contribution in [-0.2, 0) is 65.4 Å². The Hall–Kier alpha value is -1.94. The van der Waals surface area contributed by atoms with Crippen molar-refractivity contribution in [1.82, 2.24) is 0 Å². The number of hydrogen-bond donors (Lipinski definition) is 3. The molecule has 0 heterocycles. The Labute approximate surface area is 600 Å². The van der Waals surface area contributed by atoms with Crippen molar-refractivity contribution in [3.63, 3.8) is 0 Å². The molecule has 0 aromatic heterocycles. The average molecular weight is 1440 g/mol. The summed E-state index contributed by atoms with van der Waals surface area (Å²) in [6.07, 6.45) is 62.5. The van der Waals surface area contributed by atoms with Crippen LogP contribution in [0.5, 0.6) is 0 Å². The molecule has 0 amide bonds. The Morgan fingerprint density at radius 3 is 0.694 bits per heavy atom. The Balaban J connectivity index is 5.22. The van der Waals surface area contributed by atoms with Crippen LogP contribution in [0.25, 0.3) is 0 Å². The molecule has 98 heavy (non-hydrogen) atoms. The molecule has 0 aromatic carbocycles. The maximum absolute atomic E-state index is 13.1. The van der Waals surface area contributed by atoms with E-state index in [2.05, 4.69) is 34.6 Å². The van der Waals surface area contributed by atoms with Crippen molar-refractivity contribution in [2.24, 2.45) is 5.92 Å². The smallest absolute Gasteiger partial charge is 0.462 e. The van der Waals surface area contributed by atoms with Crippen LogP contribution in [-0.4, -0.2) is 96.7 Å². The van der Waals surface area contributed by atoms with Gasteiger partial charge in [0.1, 0.15) is 19.3 Å². The van der Waals surface area contributed by atoms with Gasteiger partial charge < -0.3 is 33.8 Å². The largest absolute Gasteiger partial charge is 0.472 e. The number of rotatable bonds is 79. The van der Waals surface area contributed by atoms with Gasteiger partial charge in [0.2, 0.25) is 0 Å². The van der Waals surface area contributed by atoms with Crippen LogP contribution in [0.3, 0.4) is 0 Å². The highest BCUT2D eigenvalue weighted by Crippen LogP contribution is 2.45. The minimum atomic E-state index is -4.96. The number of carbonyl (C=O) groups excluding carboxylic acids is 4. The maximum atomic E-state index is 13.1. The second-order valence-electron chi connectivity index (χ2n) is 28.9. The number of hydrogen-bond acceptors (Lipinski definition) is 15. The van der Waals surface area contributed by atoms with Crippen LogP contribution in [0.4, 0.5) is 0 Å². The zero-order chi connectivity index (χ0) is 71.9. The van der Waals surface area contributed by atoms with Crippen LogP contribution >= 0.6 is 15.6 Å². The number of ether oxygens (including phenoxy) is 4. The van der Waals surface area contributed by atoms with Gasteiger partial charge in [0.15, 0.2) is 12.2 Å². The van der Waals surface area contributed by atoms with Gasteiger partial charge >= 0.3 is 39.5 Å². The number of aliphatic hydroxyl groups is 1. The summed E-state index contributed by atoms with van der Waals surface area (Å²) < 4.78 is 68.6. The summed E-state index contributed by atoms with van der Waals surface area (Å²) in [5, 5.41) is 10.6. The Morgan fingerprint density at radius 2 is 0.469 bits per heavy atom. The number of carbonyl (C=O) groups is 4. The fraction of sp³-hybridized carbons (Fsp3) is 0.949. The van der Waals surface area contributed by atoms with E-state index in [0.717, 1.165) is 96.3 Å². The predicted octanol–water partition coefficient (Wildman–Crippen LogP) is 23.6. The van der Waals surface area contributed by atoms with E-state index in [1.807, 2.05) is 0 Å². The second-order valence-corrected chi connectivity index (χ2v) is 31.8. The highest BCUT2D eigenvalue weighted by atomic mass is 31.2. The summed E-state index contributed by atoms with van der Waals surface area (Å²) in [4.78, 5) is 72.9. The third kappa shape index (κ3) is 72.4. The molecule has 0 aromatic rings. The molecule has 3 N–H and O–H groups in total. The Bertz CT molecular complexity index is 1870. The molecule has 2 unspecified atom stereocenters. The standard InChI is InChI=1S/C79H154O17P2/c1-6-9-12-15-18-21-24-27-29-30-31-32-33-35-38-41-44-49-55-60-65-79(84)95-74(68-89-76(81)62-57-52-47-42-39-37-34-28-25-22-19-16-13-10-7-2)70-93-97(85,86)91-66-73(80)67-92-98(87,88)94-71-75(69-90-77(82)63-58-53-50-45-46-51-56-61-72(4)5)96-78(83)64-59-54-48-43-40-36-26-23-20-17-14-11-8-3/h72-75,80H,6-71H2,1-5H3,(H,85,86)(H,87,88)/t73-,74-,75-/m1/s1. The van der Waals surface area contributed by atoms with Gasteiger partial charge in [-0.3, -0.25) is 37.3 Å². The van der Waals surface area contributed by atoms with Crippen molar-refractivity contribution < 1.29 is 80.2 Å². The van der Waals surface area contributed by atoms with E-state index in [4.69, 9.17) is 37.0 Å². The first-order chi connectivity index (χ1) is 47.5. The van der Waals surface area contributed by atoms with Crippen molar-refractivity contribution in [3.8, 4) is 0 Å². The molecule has 0 radical (unpaired) electrons. The number of unbranched alkanes of at least 4 members (excludes halogenated alkanes) is 51. The van der Waals surface area contributed by atoms with E-state index in [1.54, 1.807) is 0 Å². The summed E-state index contributed by atoms with van der Waals surface area (Å²) in [5.41, 5.74) is 0. The molecule has 5 atom stereocenters. The van der Waals surface area contributed by atoms with Crippen LogP contribution < -0.4 is 0 Å². The molecule has 0 aliphatic rings. The molecule has 0 fully saturated rings. The molecule has 19 heteroatoms. The lowest BCUT2D eigenvalue weighted by Gasteiger charge is -2.21. The van der Waals surface area contributed by atoms with Crippen molar-refractivity contribution >= 4 is 39.5 Å². The topological polar surface area (TPSA) is 237 Å². The summed E-state index contributed by atoms with van der Waals surface area (Å²) >= 11 is 0. The fourth-order valence-electron chi connectivity index (χ4n) is 12.2. The van der Waals surface area contributed by atoms with E-state index >= 15 is 0 Å². The molecule has 0 rings (SSSR count). The van der Waals surface area contributed by atoms with Gasteiger partial charge in [-0.2, -0.15) is 0 Å². The molecule has 0 spiro atoms. The van der Waals surface area contributed by atoms with Crippen LogP contribution in [0, 0.1) is 5.92 Å². The van der Waals surface area contributed by atoms with Crippen molar-refractivity contribution in [3.05, 3.63) is 0 Å². The van der Waals surface area contributed by atoms with E-state index in [1.165, 1.54) is 238 Å². The second kappa shape index (κ2) is 72.0. The van der Waals surface area contributed by atoms with Gasteiger partial charge in [0.25, 0.3) is 0 Å². The minimum Gasteiger partial charge on any atom is -0.462 e. The SMILES string of the molecule is CCCCCCCCCCCCCCCCCCCCCCC(=O)O[C@H](COC(=O)CCCCCCCCCCCCCCCCC)COP(=O)(O)OC[C@@H](O)COP(=O)(O)OC[C@@H](COC(=O)CCCCCCCCCC(C)C)OC(=O)CCCCCCCCCCCCCCC. The van der Waals surface area contributed by atoms with Crippen molar-refractivity contribution in [2.75, 3.05) is 39.6 Å². The molecule has 0 aliphatic carbocycles. The third-order valence-corrected chi connectivity index (χ3v) is 20.4. The lowest BCUT2D eigenvalue weighted by Crippen LogP contribution is -2.30. The van der Waals surface area contributed by atoms with Crippen LogP contribution in [0.2, 0.25) is 0 Å². The van der Waals surface area contributed by atoms with Gasteiger partial charge in [-0.15, -0.1) is 0 Å². The van der Waals surface area contributed by atoms with Crippen LogP contribution in [0.1, 0.15) is 420 Å². The highest BCUT2D eigenvalue weighted by Gasteiger charge is 2.30. The van der Waals surface area contributed by atoms with Gasteiger partial charge in [-0.1, -0.05) is 369 Å². The minimum absolute atomic E-state index is 0.107. The normalized spacial score (nSPS) is 13.9. The molecule has 0 aliphatic heterocycles. The summed E-state index contributed by atoms with van der Waals surface area (Å²) in [6.45, 7) is 7.26. The van der Waals surface area contributed by atoms with Gasteiger partial charge in [-0.05, 0) is 31.6 Å². The molecule has 0 saturated heterocycles. The lowest BCUT2D eigenvalue weighted by molar-refractivity contribution is -0.161. The maximum Gasteiger partial charge on any atom is 0.472 e. The number of phosphoric ester groups is 2. The van der Waals surface area contributed by atoms with Crippen molar-refractivity contribution in [1.29, 1.82) is 0 Å². The van der Waals surface area contributed by atoms with E-state index in [9.17, 15) is 43.2 Å². The lowest BCUT2D eigenvalue weighted by atomic mass is 10.0. The number of aliphatic hydroxyl groups excluding tert-OH is 1. The summed E-state index contributed by atoms with van der Waals surface area (Å²) in [7, 11) is -9.91. The van der Waals surface area contributed by atoms with E-state index in [-0.39, 0.29) is 25.7 Å². The van der Waals surface area contributed by atoms with Gasteiger partial charge in [0, 0.05) is 25.7 Å². The Morgan fingerprint density at radius 1 is 0.276 bits per heavy atom. The zero-order valence-electron chi connectivity index (χ0n) is 63.9.